The lowest BCUT2D eigenvalue weighted by Gasteiger charge is -2.14. The third-order valence-electron chi connectivity index (χ3n) is 4.03. The van der Waals surface area contributed by atoms with Gasteiger partial charge in [0, 0.05) is 18.7 Å². The number of nitrogens with zero attached hydrogens (tertiary/aromatic N) is 3. The lowest BCUT2D eigenvalue weighted by Crippen LogP contribution is -2.29. The van der Waals surface area contributed by atoms with Crippen LogP contribution in [0.25, 0.3) is 6.08 Å². The number of amidine groups is 1. The molecule has 0 aliphatic carbocycles. The maximum absolute atomic E-state index is 12.8. The van der Waals surface area contributed by atoms with Crippen LogP contribution in [0.1, 0.15) is 18.9 Å². The third kappa shape index (κ3) is 4.40. The van der Waals surface area contributed by atoms with E-state index in [0.29, 0.717) is 16.6 Å². The van der Waals surface area contributed by atoms with Crippen molar-refractivity contribution < 1.29 is 14.5 Å². The molecular weight excluding hydrogens is 378 g/mol. The van der Waals surface area contributed by atoms with Crippen molar-refractivity contribution in [1.82, 2.24) is 4.90 Å². The minimum Gasteiger partial charge on any atom is -0.497 e. The molecule has 1 saturated heterocycles. The van der Waals surface area contributed by atoms with Crippen LogP contribution in [-0.2, 0) is 4.79 Å². The van der Waals surface area contributed by atoms with Gasteiger partial charge < -0.3 is 4.74 Å². The molecule has 1 amide bonds. The molecule has 0 aromatic heterocycles. The Bertz CT molecular complexity index is 937. The van der Waals surface area contributed by atoms with Gasteiger partial charge in [0.05, 0.1) is 22.6 Å². The van der Waals surface area contributed by atoms with E-state index >= 15 is 0 Å². The van der Waals surface area contributed by atoms with Crippen molar-refractivity contribution in [3.63, 3.8) is 0 Å². The number of benzene rings is 2. The molecular formula is C20H19N3O4S. The standard InChI is InChI=1S/C20H19N3O4S/c1-3-12-22-19(24)18(13-14-4-8-16(9-5-14)23(25)26)28-20(22)21-15-6-10-17(27-2)11-7-15/h4-11,13H,3,12H2,1-2H3/b18-13-,21-20?. The zero-order chi connectivity index (χ0) is 20.1. The quantitative estimate of drug-likeness (QED) is 0.403. The molecule has 1 aliphatic heterocycles. The van der Waals surface area contributed by atoms with E-state index in [1.807, 2.05) is 31.2 Å². The summed E-state index contributed by atoms with van der Waals surface area (Å²) in [6, 6.07) is 13.4. The number of nitro benzene ring substituents is 1. The average Bonchev–Trinajstić information content (AvgIpc) is 2.98. The van der Waals surface area contributed by atoms with Crippen molar-refractivity contribution in [2.45, 2.75) is 13.3 Å². The molecule has 3 rings (SSSR count). The third-order valence-corrected chi connectivity index (χ3v) is 5.04. The van der Waals surface area contributed by atoms with Crippen LogP contribution >= 0.6 is 11.8 Å². The summed E-state index contributed by atoms with van der Waals surface area (Å²) in [4.78, 5) is 29.9. The fourth-order valence-electron chi connectivity index (χ4n) is 2.62. The van der Waals surface area contributed by atoms with Crippen molar-refractivity contribution in [2.75, 3.05) is 13.7 Å². The fraction of sp³-hybridized carbons (Fsp3) is 0.200. The number of non-ortho nitro benzene ring substituents is 1. The number of hydrogen-bond donors (Lipinski definition) is 0. The largest absolute Gasteiger partial charge is 0.497 e. The number of thioether (sulfide) groups is 1. The van der Waals surface area contributed by atoms with Crippen LogP contribution in [-0.4, -0.2) is 34.6 Å². The first-order valence-electron chi connectivity index (χ1n) is 8.70. The first-order chi connectivity index (χ1) is 13.5. The first kappa shape index (κ1) is 19.6. The molecule has 1 heterocycles. The summed E-state index contributed by atoms with van der Waals surface area (Å²) in [5, 5.41) is 11.4. The Morgan fingerprint density at radius 2 is 1.86 bits per heavy atom. The molecule has 0 N–H and O–H groups in total. The highest BCUT2D eigenvalue weighted by molar-refractivity contribution is 8.18. The van der Waals surface area contributed by atoms with Crippen molar-refractivity contribution in [2.24, 2.45) is 4.99 Å². The highest BCUT2D eigenvalue weighted by Gasteiger charge is 2.32. The molecule has 0 radical (unpaired) electrons. The number of methoxy groups -OCH3 is 1. The Kier molecular flexibility index (Phi) is 6.10. The van der Waals surface area contributed by atoms with Crippen LogP contribution in [0, 0.1) is 10.1 Å². The second kappa shape index (κ2) is 8.71. The lowest BCUT2D eigenvalue weighted by molar-refractivity contribution is -0.384. The summed E-state index contributed by atoms with van der Waals surface area (Å²) in [6.07, 6.45) is 2.54. The van der Waals surface area contributed by atoms with Gasteiger partial charge in [-0.1, -0.05) is 6.92 Å². The molecule has 1 fully saturated rings. The fourth-order valence-corrected chi connectivity index (χ4v) is 3.65. The Hall–Kier alpha value is -3.13. The number of amides is 1. The molecule has 8 heteroatoms. The minimum absolute atomic E-state index is 0.0157. The summed E-state index contributed by atoms with van der Waals surface area (Å²) in [5.41, 5.74) is 1.47. The van der Waals surface area contributed by atoms with Crippen LogP contribution in [0.5, 0.6) is 5.75 Å². The summed E-state index contributed by atoms with van der Waals surface area (Å²) >= 11 is 1.30. The van der Waals surface area contributed by atoms with E-state index in [-0.39, 0.29) is 11.6 Å². The molecule has 2 aromatic carbocycles. The van der Waals surface area contributed by atoms with Gasteiger partial charge in [0.1, 0.15) is 5.75 Å². The van der Waals surface area contributed by atoms with Gasteiger partial charge in [-0.2, -0.15) is 0 Å². The minimum atomic E-state index is -0.449. The van der Waals surface area contributed by atoms with Gasteiger partial charge in [-0.25, -0.2) is 4.99 Å². The number of aliphatic imine (C=N–C) groups is 1. The molecule has 0 bridgehead atoms. The number of carbonyl (C=O) groups is 1. The van der Waals surface area contributed by atoms with Crippen LogP contribution < -0.4 is 4.74 Å². The van der Waals surface area contributed by atoms with Gasteiger partial charge in [0.25, 0.3) is 11.6 Å². The van der Waals surface area contributed by atoms with Crippen molar-refractivity contribution >= 4 is 40.3 Å². The van der Waals surface area contributed by atoms with E-state index in [4.69, 9.17) is 4.74 Å². The smallest absolute Gasteiger partial charge is 0.269 e. The van der Waals surface area contributed by atoms with Crippen LogP contribution in [0.3, 0.4) is 0 Å². The van der Waals surface area contributed by atoms with E-state index < -0.39 is 4.92 Å². The second-order valence-electron chi connectivity index (χ2n) is 6.01. The topological polar surface area (TPSA) is 85.0 Å². The molecule has 7 nitrogen and oxygen atoms in total. The predicted octanol–water partition coefficient (Wildman–Crippen LogP) is 4.62. The second-order valence-corrected chi connectivity index (χ2v) is 7.02. The van der Waals surface area contributed by atoms with Gasteiger partial charge in [-0.3, -0.25) is 19.8 Å². The molecule has 0 spiro atoms. The Morgan fingerprint density at radius 3 is 2.43 bits per heavy atom. The zero-order valence-corrected chi connectivity index (χ0v) is 16.3. The zero-order valence-electron chi connectivity index (χ0n) is 15.5. The molecule has 0 unspecified atom stereocenters. The predicted molar refractivity (Wildman–Crippen MR) is 111 cm³/mol. The maximum Gasteiger partial charge on any atom is 0.269 e. The highest BCUT2D eigenvalue weighted by atomic mass is 32.2. The van der Waals surface area contributed by atoms with Crippen LogP contribution in [0.4, 0.5) is 11.4 Å². The van der Waals surface area contributed by atoms with Gasteiger partial charge in [0.15, 0.2) is 5.17 Å². The van der Waals surface area contributed by atoms with Crippen molar-refractivity contribution in [3.05, 3.63) is 69.1 Å². The van der Waals surface area contributed by atoms with E-state index in [9.17, 15) is 14.9 Å². The number of ether oxygens (including phenoxy) is 1. The van der Waals surface area contributed by atoms with Gasteiger partial charge >= 0.3 is 0 Å². The van der Waals surface area contributed by atoms with E-state index in [1.54, 1.807) is 30.2 Å². The van der Waals surface area contributed by atoms with Crippen LogP contribution in [0.2, 0.25) is 0 Å². The molecule has 0 atom stereocenters. The Morgan fingerprint density at radius 1 is 1.18 bits per heavy atom. The molecule has 2 aromatic rings. The number of hydrogen-bond acceptors (Lipinski definition) is 6. The normalized spacial score (nSPS) is 16.8. The van der Waals surface area contributed by atoms with Gasteiger partial charge in [-0.15, -0.1) is 0 Å². The van der Waals surface area contributed by atoms with E-state index in [2.05, 4.69) is 4.99 Å². The summed E-state index contributed by atoms with van der Waals surface area (Å²) < 4.78 is 5.15. The Labute approximate surface area is 166 Å². The molecule has 1 aliphatic rings. The SMILES string of the molecule is CCCN1C(=O)/C(=C/c2ccc([N+](=O)[O-])cc2)SC1=Nc1ccc(OC)cc1. The van der Waals surface area contributed by atoms with Crippen molar-refractivity contribution in [1.29, 1.82) is 0 Å². The average molecular weight is 397 g/mol. The highest BCUT2D eigenvalue weighted by Crippen LogP contribution is 2.34. The maximum atomic E-state index is 12.8. The summed E-state index contributed by atoms with van der Waals surface area (Å²) in [5.74, 6) is 0.626. The number of carbonyl (C=O) groups excluding carboxylic acids is 1. The van der Waals surface area contributed by atoms with E-state index in [0.717, 1.165) is 23.4 Å². The van der Waals surface area contributed by atoms with Gasteiger partial charge in [0.2, 0.25) is 0 Å². The Balaban J connectivity index is 1.88. The van der Waals surface area contributed by atoms with Crippen LogP contribution in [0.15, 0.2) is 58.4 Å². The van der Waals surface area contributed by atoms with Crippen molar-refractivity contribution in [3.8, 4) is 5.75 Å². The monoisotopic (exact) mass is 397 g/mol. The first-order valence-corrected chi connectivity index (χ1v) is 9.52. The van der Waals surface area contributed by atoms with E-state index in [1.165, 1.54) is 23.9 Å². The number of nitro groups is 1. The number of rotatable bonds is 6. The summed E-state index contributed by atoms with van der Waals surface area (Å²) in [7, 11) is 1.60. The lowest BCUT2D eigenvalue weighted by atomic mass is 10.2. The molecule has 144 valence electrons. The molecule has 28 heavy (non-hydrogen) atoms. The molecule has 0 saturated carbocycles. The van der Waals surface area contributed by atoms with Gasteiger partial charge in [-0.05, 0) is 66.2 Å². The summed E-state index contributed by atoms with van der Waals surface area (Å²) in [6.45, 7) is 2.57.